The van der Waals surface area contributed by atoms with Gasteiger partial charge in [0.1, 0.15) is 6.10 Å². The van der Waals surface area contributed by atoms with Gasteiger partial charge >= 0.3 is 5.97 Å². The lowest BCUT2D eigenvalue weighted by Gasteiger charge is -2.42. The Bertz CT molecular complexity index is 627. The summed E-state index contributed by atoms with van der Waals surface area (Å²) in [4.78, 5) is 25.3. The number of rotatable bonds is 2. The van der Waals surface area contributed by atoms with E-state index in [1.54, 1.807) is 19.1 Å². The van der Waals surface area contributed by atoms with Crippen LogP contribution in [0.4, 0.5) is 0 Å². The van der Waals surface area contributed by atoms with Crippen LogP contribution in [0.2, 0.25) is 0 Å². The normalized spacial score (nSPS) is 44.3. The quantitative estimate of drug-likeness (QED) is 0.569. The summed E-state index contributed by atoms with van der Waals surface area (Å²) >= 11 is 0. The molecule has 23 heavy (non-hydrogen) atoms. The molecule has 5 atom stereocenters. The lowest BCUT2D eigenvalue weighted by Crippen LogP contribution is -2.49. The third kappa shape index (κ3) is 1.71. The first-order valence-electron chi connectivity index (χ1n) is 8.71. The van der Waals surface area contributed by atoms with Crippen LogP contribution < -0.4 is 0 Å². The van der Waals surface area contributed by atoms with Gasteiger partial charge in [0, 0.05) is 16.4 Å². The number of ketones is 1. The molecule has 0 aromatic rings. The van der Waals surface area contributed by atoms with Crippen LogP contribution in [0.1, 0.15) is 54.4 Å². The van der Waals surface area contributed by atoms with Gasteiger partial charge in [0.15, 0.2) is 5.78 Å². The maximum Gasteiger partial charge on any atom is 0.333 e. The third-order valence-electron chi connectivity index (χ3n) is 7.28. The Kier molecular flexibility index (Phi) is 3.45. The van der Waals surface area contributed by atoms with Crippen molar-refractivity contribution >= 4 is 11.8 Å². The van der Waals surface area contributed by atoms with Gasteiger partial charge in [0.2, 0.25) is 0 Å². The molecule has 2 unspecified atom stereocenters. The van der Waals surface area contributed by atoms with Gasteiger partial charge in [-0.25, -0.2) is 4.79 Å². The Morgan fingerprint density at radius 1 is 1.30 bits per heavy atom. The zero-order chi connectivity index (χ0) is 17.2. The van der Waals surface area contributed by atoms with Crippen molar-refractivity contribution in [3.05, 3.63) is 23.8 Å². The molecule has 0 saturated heterocycles. The number of hydrogen-bond acceptors (Lipinski definition) is 3. The smallest absolute Gasteiger partial charge is 0.333 e. The second-order valence-electron chi connectivity index (χ2n) is 8.44. The molecule has 0 heterocycles. The molecule has 126 valence electrons. The number of carbonyl (C=O) groups excluding carboxylic acids is 2. The highest BCUT2D eigenvalue weighted by atomic mass is 16.5. The summed E-state index contributed by atoms with van der Waals surface area (Å²) in [6.07, 6.45) is 7.50. The average Bonchev–Trinajstić information content (AvgIpc) is 3.02. The predicted octanol–water partition coefficient (Wildman–Crippen LogP) is 4.08. The molecule has 0 aromatic carbocycles. The summed E-state index contributed by atoms with van der Waals surface area (Å²) in [5, 5.41) is 0. The molecular formula is C20H28O3. The van der Waals surface area contributed by atoms with Gasteiger partial charge in [0.05, 0.1) is 5.41 Å². The van der Waals surface area contributed by atoms with Crippen molar-refractivity contribution in [3.8, 4) is 0 Å². The second kappa shape index (κ2) is 4.81. The standard InChI is InChI=1S/C20H28O3/c1-7-12(2)16(22)23-17-18(4,5)14-9-8-13(3)20(14)11-10-15(21)19(17,20)6/h7,10-11,13-14,17H,8-9H2,1-6H3/b12-7+/t13-,14?,17+,19+,20?/m1/s1. The Balaban J connectivity index is 2.10. The van der Waals surface area contributed by atoms with E-state index in [4.69, 9.17) is 4.74 Å². The van der Waals surface area contributed by atoms with Crippen LogP contribution in [0.5, 0.6) is 0 Å². The minimum Gasteiger partial charge on any atom is -0.457 e. The van der Waals surface area contributed by atoms with Gasteiger partial charge in [0.25, 0.3) is 0 Å². The predicted molar refractivity (Wildman–Crippen MR) is 89.7 cm³/mol. The molecule has 3 aliphatic carbocycles. The Hall–Kier alpha value is -1.38. The molecule has 0 bridgehead atoms. The Labute approximate surface area is 139 Å². The van der Waals surface area contributed by atoms with Gasteiger partial charge in [-0.2, -0.15) is 0 Å². The highest BCUT2D eigenvalue weighted by Gasteiger charge is 2.77. The number of esters is 1. The summed E-state index contributed by atoms with van der Waals surface area (Å²) in [6, 6.07) is 0. The van der Waals surface area contributed by atoms with Gasteiger partial charge in [-0.1, -0.05) is 32.9 Å². The van der Waals surface area contributed by atoms with E-state index in [0.717, 1.165) is 12.8 Å². The van der Waals surface area contributed by atoms with E-state index < -0.39 is 5.41 Å². The van der Waals surface area contributed by atoms with Crippen molar-refractivity contribution in [2.24, 2.45) is 28.1 Å². The van der Waals surface area contributed by atoms with E-state index in [2.05, 4.69) is 26.8 Å². The van der Waals surface area contributed by atoms with Gasteiger partial charge in [-0.3, -0.25) is 4.79 Å². The molecule has 3 nitrogen and oxygen atoms in total. The maximum atomic E-state index is 12.9. The highest BCUT2D eigenvalue weighted by molar-refractivity contribution is 6.00. The van der Waals surface area contributed by atoms with Crippen LogP contribution in [0.25, 0.3) is 0 Å². The van der Waals surface area contributed by atoms with E-state index in [9.17, 15) is 9.59 Å². The molecule has 3 aliphatic rings. The lowest BCUT2D eigenvalue weighted by molar-refractivity contribution is -0.162. The number of carbonyl (C=O) groups is 2. The van der Waals surface area contributed by atoms with E-state index in [0.29, 0.717) is 17.4 Å². The van der Waals surface area contributed by atoms with Crippen molar-refractivity contribution in [2.45, 2.75) is 60.5 Å². The molecular weight excluding hydrogens is 288 g/mol. The molecule has 1 spiro atoms. The summed E-state index contributed by atoms with van der Waals surface area (Å²) in [6.45, 7) is 12.2. The third-order valence-corrected chi connectivity index (χ3v) is 7.28. The Morgan fingerprint density at radius 2 is 1.96 bits per heavy atom. The molecule has 3 heteroatoms. The monoisotopic (exact) mass is 316 g/mol. The highest BCUT2D eigenvalue weighted by Crippen LogP contribution is 2.75. The molecule has 0 aromatic heterocycles. The number of allylic oxidation sites excluding steroid dienone is 3. The van der Waals surface area contributed by atoms with E-state index in [-0.39, 0.29) is 28.7 Å². The second-order valence-corrected chi connectivity index (χ2v) is 8.44. The van der Waals surface area contributed by atoms with Crippen LogP contribution in [-0.2, 0) is 14.3 Å². The van der Waals surface area contributed by atoms with E-state index in [1.807, 2.05) is 13.8 Å². The fraction of sp³-hybridized carbons (Fsp3) is 0.700. The summed E-state index contributed by atoms with van der Waals surface area (Å²) in [7, 11) is 0. The molecule has 0 amide bonds. The van der Waals surface area contributed by atoms with Crippen molar-refractivity contribution in [3.63, 3.8) is 0 Å². The summed E-state index contributed by atoms with van der Waals surface area (Å²) in [5.74, 6) is 0.638. The molecule has 2 saturated carbocycles. The summed E-state index contributed by atoms with van der Waals surface area (Å²) in [5.41, 5.74) is -0.408. The van der Waals surface area contributed by atoms with Crippen LogP contribution in [0, 0.1) is 28.1 Å². The topological polar surface area (TPSA) is 43.4 Å². The minimum absolute atomic E-state index is 0.123. The maximum absolute atomic E-state index is 12.9. The minimum atomic E-state index is -0.638. The summed E-state index contributed by atoms with van der Waals surface area (Å²) < 4.78 is 5.98. The molecule has 0 N–H and O–H groups in total. The molecule has 0 aliphatic heterocycles. The van der Waals surface area contributed by atoms with Crippen LogP contribution >= 0.6 is 0 Å². The first-order chi connectivity index (χ1) is 10.6. The zero-order valence-corrected chi connectivity index (χ0v) is 15.1. The lowest BCUT2D eigenvalue weighted by atomic mass is 9.61. The van der Waals surface area contributed by atoms with Crippen molar-refractivity contribution in [2.75, 3.05) is 0 Å². The van der Waals surface area contributed by atoms with E-state index in [1.165, 1.54) is 0 Å². The number of ether oxygens (including phenoxy) is 1. The SMILES string of the molecule is C/C=C(\C)C(=O)O[C@H]1C(C)(C)C2CC[C@@H](C)C23C=CC(=O)[C@@]13C. The van der Waals surface area contributed by atoms with Crippen molar-refractivity contribution < 1.29 is 14.3 Å². The van der Waals surface area contributed by atoms with Gasteiger partial charge < -0.3 is 4.74 Å². The largest absolute Gasteiger partial charge is 0.457 e. The molecule has 0 radical (unpaired) electrons. The van der Waals surface area contributed by atoms with Gasteiger partial charge in [-0.05, 0) is 51.5 Å². The molecule has 3 rings (SSSR count). The molecule has 2 fully saturated rings. The first kappa shape index (κ1) is 16.5. The van der Waals surface area contributed by atoms with Crippen molar-refractivity contribution in [1.82, 2.24) is 0 Å². The van der Waals surface area contributed by atoms with Crippen LogP contribution in [0.3, 0.4) is 0 Å². The number of hydrogen-bond donors (Lipinski definition) is 0. The first-order valence-corrected chi connectivity index (χ1v) is 8.71. The van der Waals surface area contributed by atoms with E-state index >= 15 is 0 Å². The fourth-order valence-electron chi connectivity index (χ4n) is 6.02. The van der Waals surface area contributed by atoms with Crippen LogP contribution in [-0.4, -0.2) is 17.9 Å². The zero-order valence-electron chi connectivity index (χ0n) is 15.1. The Morgan fingerprint density at radius 3 is 2.57 bits per heavy atom. The van der Waals surface area contributed by atoms with Crippen LogP contribution in [0.15, 0.2) is 23.8 Å². The average molecular weight is 316 g/mol. The van der Waals surface area contributed by atoms with Gasteiger partial charge in [-0.15, -0.1) is 0 Å². The van der Waals surface area contributed by atoms with Crippen molar-refractivity contribution in [1.29, 1.82) is 0 Å². The fourth-order valence-corrected chi connectivity index (χ4v) is 6.02.